The number of aliphatic hydroxyl groups is 1. The van der Waals surface area contributed by atoms with Crippen LogP contribution in [0.2, 0.25) is 0 Å². The van der Waals surface area contributed by atoms with Gasteiger partial charge in [-0.25, -0.2) is 0 Å². The summed E-state index contributed by atoms with van der Waals surface area (Å²) in [7, 11) is 0. The maximum Gasteiger partial charge on any atom is 0.236 e. The maximum atomic E-state index is 11.9. The van der Waals surface area contributed by atoms with Crippen molar-refractivity contribution in [1.82, 2.24) is 9.88 Å². The molecule has 1 fully saturated rings. The van der Waals surface area contributed by atoms with Crippen LogP contribution >= 0.6 is 23.5 Å². The lowest BCUT2D eigenvalue weighted by molar-refractivity contribution is -0.152. The van der Waals surface area contributed by atoms with Crippen molar-refractivity contribution in [2.24, 2.45) is 5.92 Å². The quantitative estimate of drug-likeness (QED) is 0.847. The van der Waals surface area contributed by atoms with E-state index in [2.05, 4.69) is 4.98 Å². The summed E-state index contributed by atoms with van der Waals surface area (Å²) in [6.07, 6.45) is 3.79. The molecule has 0 bridgehead atoms. The molecular weight excluding hydrogens is 292 g/mol. The normalized spacial score (nSPS) is 26.0. The second-order valence-electron chi connectivity index (χ2n) is 4.81. The van der Waals surface area contributed by atoms with E-state index in [1.807, 2.05) is 31.3 Å². The number of amides is 1. The second kappa shape index (κ2) is 5.79. The predicted molar refractivity (Wildman–Crippen MR) is 81.6 cm³/mol. The van der Waals surface area contributed by atoms with Gasteiger partial charge < -0.3 is 10.0 Å². The van der Waals surface area contributed by atoms with Crippen LogP contribution in [0.4, 0.5) is 0 Å². The van der Waals surface area contributed by atoms with Crippen LogP contribution in [0, 0.1) is 5.92 Å². The lowest BCUT2D eigenvalue weighted by Crippen LogP contribution is -2.59. The Balaban J connectivity index is 1.58. The lowest BCUT2D eigenvalue weighted by Gasteiger charge is -2.42. The lowest BCUT2D eigenvalue weighted by atomic mass is 9.91. The molecule has 0 saturated carbocycles. The number of fused-ring (bicyclic) bond motifs is 1. The van der Waals surface area contributed by atoms with Crippen LogP contribution in [-0.4, -0.2) is 32.4 Å². The number of β-lactam (4-membered cyclic amide) rings is 1. The molecular formula is C14H16N2O2S2. The highest BCUT2D eigenvalue weighted by Crippen LogP contribution is 2.50. The number of rotatable bonds is 5. The number of carbonyl (C=O) groups excluding carboxylic acids is 1. The SMILES string of the molecule is CC[C@H](O)[C@@H]1C(=O)N2C=C(SCc3ccccn3)S[C@H]12. The van der Waals surface area contributed by atoms with Crippen molar-refractivity contribution < 1.29 is 9.90 Å². The van der Waals surface area contributed by atoms with E-state index in [4.69, 9.17) is 0 Å². The smallest absolute Gasteiger partial charge is 0.236 e. The third-order valence-corrected chi connectivity index (χ3v) is 6.10. The zero-order valence-corrected chi connectivity index (χ0v) is 12.7. The summed E-state index contributed by atoms with van der Waals surface area (Å²) in [5.74, 6) is 0.606. The molecule has 3 rings (SSSR count). The molecule has 3 atom stereocenters. The second-order valence-corrected chi connectivity index (χ2v) is 7.25. The van der Waals surface area contributed by atoms with Crippen LogP contribution in [0.3, 0.4) is 0 Å². The van der Waals surface area contributed by atoms with Crippen LogP contribution in [0.5, 0.6) is 0 Å². The minimum atomic E-state index is -0.523. The molecule has 1 aromatic rings. The van der Waals surface area contributed by atoms with Gasteiger partial charge in [0.1, 0.15) is 5.37 Å². The number of pyridine rings is 1. The molecule has 0 aliphatic carbocycles. The van der Waals surface area contributed by atoms with Crippen molar-refractivity contribution in [1.29, 1.82) is 0 Å². The summed E-state index contributed by atoms with van der Waals surface area (Å²) in [5.41, 5.74) is 1.03. The number of aliphatic hydroxyl groups excluding tert-OH is 1. The molecule has 106 valence electrons. The largest absolute Gasteiger partial charge is 0.392 e. The van der Waals surface area contributed by atoms with Crippen LogP contribution in [0.1, 0.15) is 19.0 Å². The highest BCUT2D eigenvalue weighted by atomic mass is 32.2. The van der Waals surface area contributed by atoms with Gasteiger partial charge in [-0.2, -0.15) is 0 Å². The van der Waals surface area contributed by atoms with E-state index in [-0.39, 0.29) is 17.2 Å². The highest BCUT2D eigenvalue weighted by molar-refractivity contribution is 8.22. The minimum absolute atomic E-state index is 0.0466. The maximum absolute atomic E-state index is 11.9. The van der Waals surface area contributed by atoms with Crippen LogP contribution in [0.15, 0.2) is 34.8 Å². The summed E-state index contributed by atoms with van der Waals surface area (Å²) in [6, 6.07) is 5.87. The molecule has 3 heterocycles. The van der Waals surface area contributed by atoms with E-state index in [9.17, 15) is 9.90 Å². The first-order valence-corrected chi connectivity index (χ1v) is 8.48. The van der Waals surface area contributed by atoms with Crippen molar-refractivity contribution in [3.05, 3.63) is 40.5 Å². The van der Waals surface area contributed by atoms with Gasteiger partial charge in [-0.1, -0.05) is 24.8 Å². The van der Waals surface area contributed by atoms with Crippen molar-refractivity contribution in [3.8, 4) is 0 Å². The topological polar surface area (TPSA) is 53.4 Å². The first-order chi connectivity index (χ1) is 9.70. The van der Waals surface area contributed by atoms with Crippen LogP contribution < -0.4 is 0 Å². The molecule has 1 saturated heterocycles. The van der Waals surface area contributed by atoms with Crippen LogP contribution in [-0.2, 0) is 10.5 Å². The Morgan fingerprint density at radius 3 is 3.10 bits per heavy atom. The molecule has 1 amide bonds. The van der Waals surface area contributed by atoms with Gasteiger partial charge >= 0.3 is 0 Å². The summed E-state index contributed by atoms with van der Waals surface area (Å²) in [4.78, 5) is 18.0. The van der Waals surface area contributed by atoms with Crippen LogP contribution in [0.25, 0.3) is 0 Å². The average molecular weight is 308 g/mol. The third kappa shape index (κ3) is 2.47. The summed E-state index contributed by atoms with van der Waals surface area (Å²) in [5, 5.41) is 9.98. The number of hydrogen-bond donors (Lipinski definition) is 1. The van der Waals surface area contributed by atoms with Gasteiger partial charge in [-0.3, -0.25) is 9.78 Å². The van der Waals surface area contributed by atoms with Gasteiger partial charge in [0.15, 0.2) is 0 Å². The van der Waals surface area contributed by atoms with Crippen molar-refractivity contribution in [3.63, 3.8) is 0 Å². The van der Waals surface area contributed by atoms with E-state index in [0.29, 0.717) is 6.42 Å². The zero-order chi connectivity index (χ0) is 14.1. The third-order valence-electron chi connectivity index (χ3n) is 3.52. The Hall–Kier alpha value is -0.980. The fraction of sp³-hybridized carbons (Fsp3) is 0.429. The predicted octanol–water partition coefficient (Wildman–Crippen LogP) is 2.42. The summed E-state index contributed by atoms with van der Waals surface area (Å²) in [6.45, 7) is 1.91. The summed E-state index contributed by atoms with van der Waals surface area (Å²) < 4.78 is 1.12. The van der Waals surface area contributed by atoms with Gasteiger partial charge in [-0.05, 0) is 18.6 Å². The molecule has 1 aromatic heterocycles. The number of nitrogens with zero attached hydrogens (tertiary/aromatic N) is 2. The Bertz CT molecular complexity index is 535. The Morgan fingerprint density at radius 2 is 2.40 bits per heavy atom. The molecule has 2 aliphatic heterocycles. The van der Waals surface area contributed by atoms with E-state index < -0.39 is 6.10 Å². The van der Waals surface area contributed by atoms with Crippen molar-refractivity contribution >= 4 is 29.4 Å². The van der Waals surface area contributed by atoms with Gasteiger partial charge in [0.2, 0.25) is 5.91 Å². The average Bonchev–Trinajstić information content (AvgIpc) is 2.85. The first-order valence-electron chi connectivity index (χ1n) is 6.62. The number of hydrogen-bond acceptors (Lipinski definition) is 5. The zero-order valence-electron chi connectivity index (χ0n) is 11.1. The molecule has 2 aliphatic rings. The number of aromatic nitrogens is 1. The fourth-order valence-electron chi connectivity index (χ4n) is 2.35. The minimum Gasteiger partial charge on any atom is -0.392 e. The van der Waals surface area contributed by atoms with Gasteiger partial charge in [0.05, 0.1) is 22.0 Å². The molecule has 20 heavy (non-hydrogen) atoms. The molecule has 0 unspecified atom stereocenters. The Kier molecular flexibility index (Phi) is 4.05. The standard InChI is InChI=1S/C14H16N2O2S2/c1-2-10(17)12-13(18)16-7-11(20-14(12)16)19-8-9-5-3-4-6-15-9/h3-7,10,12,14,17H,2,8H2,1H3/t10-,12+,14+/m0/s1. The van der Waals surface area contributed by atoms with E-state index >= 15 is 0 Å². The molecule has 1 N–H and O–H groups in total. The van der Waals surface area contributed by atoms with Crippen molar-refractivity contribution in [2.75, 3.05) is 0 Å². The summed E-state index contributed by atoms with van der Waals surface area (Å²) >= 11 is 3.37. The van der Waals surface area contributed by atoms with E-state index in [0.717, 1.165) is 15.7 Å². The molecule has 0 aromatic carbocycles. The van der Waals surface area contributed by atoms with Crippen molar-refractivity contribution in [2.45, 2.75) is 30.6 Å². The first kappa shape index (κ1) is 14.0. The molecule has 0 radical (unpaired) electrons. The highest BCUT2D eigenvalue weighted by Gasteiger charge is 2.53. The molecule has 6 heteroatoms. The molecule has 4 nitrogen and oxygen atoms in total. The number of carbonyl (C=O) groups is 1. The Labute approximate surface area is 126 Å². The van der Waals surface area contributed by atoms with Gasteiger partial charge in [0.25, 0.3) is 0 Å². The number of thioether (sulfide) groups is 2. The van der Waals surface area contributed by atoms with E-state index in [1.165, 1.54) is 0 Å². The van der Waals surface area contributed by atoms with E-state index in [1.54, 1.807) is 34.6 Å². The molecule has 0 spiro atoms. The van der Waals surface area contributed by atoms with Gasteiger partial charge in [-0.15, -0.1) is 11.8 Å². The fourth-order valence-corrected chi connectivity index (χ4v) is 4.88. The monoisotopic (exact) mass is 308 g/mol. The Morgan fingerprint density at radius 1 is 1.55 bits per heavy atom. The van der Waals surface area contributed by atoms with Gasteiger partial charge in [0, 0.05) is 18.1 Å².